The van der Waals surface area contributed by atoms with Crippen LogP contribution in [-0.2, 0) is 11.3 Å². The minimum absolute atomic E-state index is 0.0133. The van der Waals surface area contributed by atoms with Crippen LogP contribution in [0.25, 0.3) is 0 Å². The van der Waals surface area contributed by atoms with Crippen molar-refractivity contribution in [2.75, 3.05) is 57.4 Å². The second-order valence-corrected chi connectivity index (χ2v) is 6.98. The Morgan fingerprint density at radius 3 is 2.84 bits per heavy atom. The molecule has 1 aromatic rings. The molecule has 3 rings (SSSR count). The van der Waals surface area contributed by atoms with Crippen molar-refractivity contribution >= 4 is 17.5 Å². The van der Waals surface area contributed by atoms with Crippen molar-refractivity contribution in [1.29, 1.82) is 0 Å². The third-order valence-corrected chi connectivity index (χ3v) is 4.93. The summed E-state index contributed by atoms with van der Waals surface area (Å²) in [5, 5.41) is 3.43. The highest BCUT2D eigenvalue weighted by molar-refractivity contribution is 5.87. The minimum atomic E-state index is -0.0133. The quantitative estimate of drug-likeness (QED) is 0.762. The monoisotopic (exact) mass is 344 g/mol. The summed E-state index contributed by atoms with van der Waals surface area (Å²) in [4.78, 5) is 22.7. The smallest absolute Gasteiger partial charge is 0.246 e. The van der Waals surface area contributed by atoms with Crippen LogP contribution in [0.3, 0.4) is 0 Å². The molecule has 136 valence electrons. The molecule has 0 radical (unpaired) electrons. The number of nitrogen functional groups attached to an aromatic ring is 1. The SMILES string of the molecule is C=CC(=O)N1CC[C@H](Nc2cc(CN3CCN(C)CC3)cc(N)n2)C1. The van der Waals surface area contributed by atoms with Gasteiger partial charge in [-0.2, -0.15) is 0 Å². The molecule has 25 heavy (non-hydrogen) atoms. The van der Waals surface area contributed by atoms with Gasteiger partial charge in [-0.05, 0) is 37.2 Å². The molecule has 2 saturated heterocycles. The summed E-state index contributed by atoms with van der Waals surface area (Å²) >= 11 is 0. The van der Waals surface area contributed by atoms with Crippen molar-refractivity contribution in [3.8, 4) is 0 Å². The molecule has 7 nitrogen and oxygen atoms in total. The first kappa shape index (κ1) is 17.7. The molecule has 2 aliphatic heterocycles. The molecule has 2 fully saturated rings. The summed E-state index contributed by atoms with van der Waals surface area (Å²) in [6.45, 7) is 10.2. The number of carbonyl (C=O) groups is 1. The molecule has 0 aromatic carbocycles. The van der Waals surface area contributed by atoms with Crippen LogP contribution in [0.1, 0.15) is 12.0 Å². The summed E-state index contributed by atoms with van der Waals surface area (Å²) in [5.74, 6) is 1.31. The summed E-state index contributed by atoms with van der Waals surface area (Å²) < 4.78 is 0. The fourth-order valence-electron chi connectivity index (χ4n) is 3.46. The first-order valence-electron chi connectivity index (χ1n) is 8.88. The lowest BCUT2D eigenvalue weighted by Gasteiger charge is -2.32. The van der Waals surface area contributed by atoms with Gasteiger partial charge in [0.1, 0.15) is 11.6 Å². The van der Waals surface area contributed by atoms with Crippen LogP contribution in [0, 0.1) is 0 Å². The van der Waals surface area contributed by atoms with Crippen molar-refractivity contribution in [3.05, 3.63) is 30.4 Å². The highest BCUT2D eigenvalue weighted by Gasteiger charge is 2.25. The van der Waals surface area contributed by atoms with Crippen LogP contribution in [-0.4, -0.2) is 77.9 Å². The van der Waals surface area contributed by atoms with Crippen LogP contribution in [0.5, 0.6) is 0 Å². The first-order chi connectivity index (χ1) is 12.0. The lowest BCUT2D eigenvalue weighted by molar-refractivity contribution is -0.125. The number of nitrogens with one attached hydrogen (secondary N) is 1. The summed E-state index contributed by atoms with van der Waals surface area (Å²) in [5.41, 5.74) is 7.18. The van der Waals surface area contributed by atoms with E-state index in [9.17, 15) is 4.79 Å². The predicted molar refractivity (Wildman–Crippen MR) is 100 cm³/mol. The lowest BCUT2D eigenvalue weighted by atomic mass is 10.2. The molecule has 0 spiro atoms. The molecule has 3 N–H and O–H groups in total. The van der Waals surface area contributed by atoms with Crippen molar-refractivity contribution in [2.45, 2.75) is 19.0 Å². The van der Waals surface area contributed by atoms with Crippen LogP contribution in [0.2, 0.25) is 0 Å². The number of piperazine rings is 1. The number of carbonyl (C=O) groups excluding carboxylic acids is 1. The Labute approximate surface area is 149 Å². The van der Waals surface area contributed by atoms with E-state index in [1.807, 2.05) is 11.0 Å². The first-order valence-corrected chi connectivity index (χ1v) is 8.88. The van der Waals surface area contributed by atoms with Crippen molar-refractivity contribution in [2.24, 2.45) is 0 Å². The number of likely N-dealkylation sites (N-methyl/N-ethyl adjacent to an activating group) is 1. The number of rotatable bonds is 5. The molecule has 3 heterocycles. The second kappa shape index (κ2) is 7.84. The Bertz CT molecular complexity index is 626. The Hall–Kier alpha value is -2.12. The van der Waals surface area contributed by atoms with Crippen LogP contribution in [0.4, 0.5) is 11.6 Å². The maximum atomic E-state index is 11.7. The Kier molecular flexibility index (Phi) is 5.55. The number of likely N-dealkylation sites (tertiary alicyclic amines) is 1. The molecule has 2 aliphatic rings. The third-order valence-electron chi connectivity index (χ3n) is 4.93. The van der Waals surface area contributed by atoms with Gasteiger partial charge in [0, 0.05) is 51.9 Å². The zero-order chi connectivity index (χ0) is 17.8. The largest absolute Gasteiger partial charge is 0.384 e. The topological polar surface area (TPSA) is 77.7 Å². The maximum Gasteiger partial charge on any atom is 0.246 e. The highest BCUT2D eigenvalue weighted by Crippen LogP contribution is 2.19. The molecular weight excluding hydrogens is 316 g/mol. The Morgan fingerprint density at radius 2 is 2.12 bits per heavy atom. The Balaban J connectivity index is 1.60. The van der Waals surface area contributed by atoms with E-state index in [0.29, 0.717) is 12.4 Å². The highest BCUT2D eigenvalue weighted by atomic mass is 16.2. The molecule has 7 heteroatoms. The van der Waals surface area contributed by atoms with Gasteiger partial charge >= 0.3 is 0 Å². The second-order valence-electron chi connectivity index (χ2n) is 6.98. The molecule has 1 amide bonds. The molecule has 0 saturated carbocycles. The molecule has 0 unspecified atom stereocenters. The zero-order valence-corrected chi connectivity index (χ0v) is 14.9. The molecular formula is C18H28N6O. The van der Waals surface area contributed by atoms with Crippen LogP contribution in [0.15, 0.2) is 24.8 Å². The van der Waals surface area contributed by atoms with Gasteiger partial charge in [0.05, 0.1) is 0 Å². The van der Waals surface area contributed by atoms with Crippen molar-refractivity contribution in [1.82, 2.24) is 19.7 Å². The van der Waals surface area contributed by atoms with E-state index in [1.54, 1.807) is 0 Å². The van der Waals surface area contributed by atoms with Gasteiger partial charge in [-0.15, -0.1) is 0 Å². The zero-order valence-electron chi connectivity index (χ0n) is 14.9. The maximum absolute atomic E-state index is 11.7. The van der Waals surface area contributed by atoms with Gasteiger partial charge in [-0.3, -0.25) is 9.69 Å². The number of nitrogens with two attached hydrogens (primary N) is 1. The van der Waals surface area contributed by atoms with Crippen LogP contribution >= 0.6 is 0 Å². The number of hydrogen-bond acceptors (Lipinski definition) is 6. The molecule has 1 atom stereocenters. The summed E-state index contributed by atoms with van der Waals surface area (Å²) in [6.07, 6.45) is 2.28. The van der Waals surface area contributed by atoms with Crippen molar-refractivity contribution < 1.29 is 4.79 Å². The number of hydrogen-bond donors (Lipinski definition) is 2. The average Bonchev–Trinajstić information content (AvgIpc) is 3.04. The number of amides is 1. The van der Waals surface area contributed by atoms with Gasteiger partial charge in [-0.25, -0.2) is 4.98 Å². The Morgan fingerprint density at radius 1 is 1.36 bits per heavy atom. The number of pyridine rings is 1. The predicted octanol–water partition coefficient (Wildman–Crippen LogP) is 0.610. The number of nitrogens with zero attached hydrogens (tertiary/aromatic N) is 4. The van der Waals surface area contributed by atoms with E-state index >= 15 is 0 Å². The van der Waals surface area contributed by atoms with E-state index in [-0.39, 0.29) is 11.9 Å². The molecule has 1 aromatic heterocycles. The molecule has 0 bridgehead atoms. The van der Waals surface area contributed by atoms with Gasteiger partial charge in [0.2, 0.25) is 5.91 Å². The standard InChI is InChI=1S/C18H28N6O/c1-3-18(25)24-5-4-15(13-24)20-17-11-14(10-16(19)21-17)12-23-8-6-22(2)7-9-23/h3,10-11,15H,1,4-9,12-13H2,2H3,(H3,19,20,21)/t15-/m0/s1. The van der Waals surface area contributed by atoms with Gasteiger partial charge in [-0.1, -0.05) is 6.58 Å². The normalized spacial score (nSPS) is 22.1. The summed E-state index contributed by atoms with van der Waals surface area (Å²) in [7, 11) is 2.16. The fraction of sp³-hybridized carbons (Fsp3) is 0.556. The van der Waals surface area contributed by atoms with E-state index < -0.39 is 0 Å². The van der Waals surface area contributed by atoms with E-state index in [0.717, 1.165) is 51.5 Å². The van der Waals surface area contributed by atoms with Gasteiger partial charge in [0.25, 0.3) is 0 Å². The lowest BCUT2D eigenvalue weighted by Crippen LogP contribution is -2.43. The third kappa shape index (κ3) is 4.70. The summed E-state index contributed by atoms with van der Waals surface area (Å²) in [6, 6.07) is 4.23. The van der Waals surface area contributed by atoms with Crippen molar-refractivity contribution in [3.63, 3.8) is 0 Å². The minimum Gasteiger partial charge on any atom is -0.384 e. The van der Waals surface area contributed by atoms with Gasteiger partial charge < -0.3 is 20.9 Å². The van der Waals surface area contributed by atoms with E-state index in [4.69, 9.17) is 5.73 Å². The number of anilines is 2. The van der Waals surface area contributed by atoms with Gasteiger partial charge in [0.15, 0.2) is 0 Å². The van der Waals surface area contributed by atoms with Crippen LogP contribution < -0.4 is 11.1 Å². The average molecular weight is 344 g/mol. The molecule has 0 aliphatic carbocycles. The fourth-order valence-corrected chi connectivity index (χ4v) is 3.46. The number of aromatic nitrogens is 1. The van der Waals surface area contributed by atoms with E-state index in [2.05, 4.69) is 39.8 Å². The van der Waals surface area contributed by atoms with E-state index in [1.165, 1.54) is 11.6 Å².